The van der Waals surface area contributed by atoms with E-state index in [9.17, 15) is 18.0 Å². The molecule has 0 spiro atoms. The molecule has 1 aromatic rings. The molecule has 24 heavy (non-hydrogen) atoms. The molecule has 7 nitrogen and oxygen atoms in total. The third-order valence-electron chi connectivity index (χ3n) is 3.99. The number of esters is 1. The number of nitrogens with one attached hydrogen (secondary N) is 1. The number of nitrogens with zero attached hydrogens (tertiary/aromatic N) is 1. The van der Waals surface area contributed by atoms with Crippen LogP contribution in [0.3, 0.4) is 0 Å². The first-order valence-corrected chi connectivity index (χ1v) is 9.33. The Morgan fingerprint density at radius 2 is 1.96 bits per heavy atom. The topological polar surface area (TPSA) is 92.8 Å². The van der Waals surface area contributed by atoms with Crippen LogP contribution in [0.25, 0.3) is 0 Å². The van der Waals surface area contributed by atoms with Crippen molar-refractivity contribution in [1.29, 1.82) is 0 Å². The SMILES string of the molecule is CCOC(=O)[C@H]1CCCN(S(=O)(=O)c2ccc(C(=O)NC)cc2)C1. The molecule has 0 unspecified atom stereocenters. The zero-order valence-electron chi connectivity index (χ0n) is 13.8. The Labute approximate surface area is 142 Å². The molecule has 2 rings (SSSR count). The maximum atomic E-state index is 12.7. The Morgan fingerprint density at radius 3 is 2.54 bits per heavy atom. The first-order chi connectivity index (χ1) is 11.4. The van der Waals surface area contributed by atoms with Gasteiger partial charge in [-0.3, -0.25) is 9.59 Å². The molecule has 132 valence electrons. The number of carbonyl (C=O) groups is 2. The Bertz CT molecular complexity index is 700. The van der Waals surface area contributed by atoms with E-state index in [1.165, 1.54) is 35.6 Å². The van der Waals surface area contributed by atoms with Crippen molar-refractivity contribution in [3.8, 4) is 0 Å². The second-order valence-corrected chi connectivity index (χ2v) is 7.50. The van der Waals surface area contributed by atoms with Crippen molar-refractivity contribution in [1.82, 2.24) is 9.62 Å². The molecular formula is C16H22N2O5S. The molecule has 0 radical (unpaired) electrons. The lowest BCUT2D eigenvalue weighted by Gasteiger charge is -2.30. The number of carbonyl (C=O) groups excluding carboxylic acids is 2. The Morgan fingerprint density at radius 1 is 1.29 bits per heavy atom. The molecule has 8 heteroatoms. The summed E-state index contributed by atoms with van der Waals surface area (Å²) in [4.78, 5) is 23.5. The lowest BCUT2D eigenvalue weighted by atomic mass is 10.0. The molecule has 0 aliphatic carbocycles. The minimum atomic E-state index is -3.70. The molecule has 0 saturated carbocycles. The Kier molecular flexibility index (Phi) is 5.95. The third-order valence-corrected chi connectivity index (χ3v) is 5.86. The second-order valence-electron chi connectivity index (χ2n) is 5.56. The molecule has 1 heterocycles. The van der Waals surface area contributed by atoms with Gasteiger partial charge in [0.25, 0.3) is 5.91 Å². The van der Waals surface area contributed by atoms with Crippen LogP contribution in [0, 0.1) is 5.92 Å². The Hall–Kier alpha value is -1.93. The zero-order valence-corrected chi connectivity index (χ0v) is 14.6. The molecule has 1 saturated heterocycles. The maximum absolute atomic E-state index is 12.7. The fourth-order valence-electron chi connectivity index (χ4n) is 2.68. The maximum Gasteiger partial charge on any atom is 0.310 e. The number of amides is 1. The number of benzene rings is 1. The van der Waals surface area contributed by atoms with Gasteiger partial charge in [-0.05, 0) is 44.0 Å². The summed E-state index contributed by atoms with van der Waals surface area (Å²) in [7, 11) is -2.19. The lowest BCUT2D eigenvalue weighted by molar-refractivity contribution is -0.149. The first kappa shape index (κ1) is 18.4. The third kappa shape index (κ3) is 3.93. The highest BCUT2D eigenvalue weighted by Gasteiger charge is 2.34. The van der Waals surface area contributed by atoms with Gasteiger partial charge in [-0.2, -0.15) is 4.31 Å². The van der Waals surface area contributed by atoms with E-state index in [-0.39, 0.29) is 29.9 Å². The predicted octanol–water partition coefficient (Wildman–Crippen LogP) is 1.01. The van der Waals surface area contributed by atoms with Gasteiger partial charge in [0.05, 0.1) is 17.4 Å². The Balaban J connectivity index is 2.17. The minimum absolute atomic E-state index is 0.111. The highest BCUT2D eigenvalue weighted by atomic mass is 32.2. The smallest absolute Gasteiger partial charge is 0.310 e. The van der Waals surface area contributed by atoms with Crippen molar-refractivity contribution in [2.24, 2.45) is 5.92 Å². The number of hydrogen-bond donors (Lipinski definition) is 1. The van der Waals surface area contributed by atoms with Gasteiger partial charge >= 0.3 is 5.97 Å². The number of hydrogen-bond acceptors (Lipinski definition) is 5. The van der Waals surface area contributed by atoms with Crippen LogP contribution in [0.4, 0.5) is 0 Å². The highest BCUT2D eigenvalue weighted by Crippen LogP contribution is 2.24. The predicted molar refractivity (Wildman–Crippen MR) is 87.9 cm³/mol. The molecule has 1 N–H and O–H groups in total. The number of piperidine rings is 1. The van der Waals surface area contributed by atoms with Gasteiger partial charge in [-0.25, -0.2) is 8.42 Å². The van der Waals surface area contributed by atoms with E-state index in [2.05, 4.69) is 5.32 Å². The lowest BCUT2D eigenvalue weighted by Crippen LogP contribution is -2.42. The number of sulfonamides is 1. The zero-order chi connectivity index (χ0) is 17.7. The van der Waals surface area contributed by atoms with E-state index >= 15 is 0 Å². The average molecular weight is 354 g/mol. The van der Waals surface area contributed by atoms with Gasteiger partial charge in [-0.1, -0.05) is 0 Å². The second kappa shape index (κ2) is 7.76. The normalized spacial score (nSPS) is 18.8. The molecule has 1 atom stereocenters. The summed E-state index contributed by atoms with van der Waals surface area (Å²) in [5.41, 5.74) is 0.388. The van der Waals surface area contributed by atoms with Crippen molar-refractivity contribution < 1.29 is 22.7 Å². The van der Waals surface area contributed by atoms with E-state index in [1.54, 1.807) is 6.92 Å². The van der Waals surface area contributed by atoms with Gasteiger partial charge in [0.15, 0.2) is 0 Å². The molecule has 0 aromatic heterocycles. The van der Waals surface area contributed by atoms with Crippen LogP contribution < -0.4 is 5.32 Å². The van der Waals surface area contributed by atoms with Crippen LogP contribution in [-0.4, -0.2) is 51.3 Å². The fraction of sp³-hybridized carbons (Fsp3) is 0.500. The fourth-order valence-corrected chi connectivity index (χ4v) is 4.21. The molecule has 1 aromatic carbocycles. The monoisotopic (exact) mass is 354 g/mol. The van der Waals surface area contributed by atoms with E-state index in [1.807, 2.05) is 0 Å². The molecule has 1 amide bonds. The highest BCUT2D eigenvalue weighted by molar-refractivity contribution is 7.89. The quantitative estimate of drug-likeness (QED) is 0.797. The van der Waals surface area contributed by atoms with Crippen molar-refractivity contribution in [3.63, 3.8) is 0 Å². The van der Waals surface area contributed by atoms with E-state index in [0.29, 0.717) is 24.9 Å². The largest absolute Gasteiger partial charge is 0.466 e. The summed E-state index contributed by atoms with van der Waals surface area (Å²) >= 11 is 0. The molecular weight excluding hydrogens is 332 g/mol. The van der Waals surface area contributed by atoms with E-state index < -0.39 is 15.9 Å². The van der Waals surface area contributed by atoms with Gasteiger partial charge in [0.2, 0.25) is 10.0 Å². The molecule has 0 bridgehead atoms. The molecule has 1 aliphatic heterocycles. The first-order valence-electron chi connectivity index (χ1n) is 7.89. The van der Waals surface area contributed by atoms with Crippen LogP contribution in [0.1, 0.15) is 30.1 Å². The van der Waals surface area contributed by atoms with Crippen LogP contribution in [-0.2, 0) is 19.6 Å². The summed E-state index contributed by atoms with van der Waals surface area (Å²) < 4.78 is 31.8. The summed E-state index contributed by atoms with van der Waals surface area (Å²) in [6, 6.07) is 5.76. The summed E-state index contributed by atoms with van der Waals surface area (Å²) in [5, 5.41) is 2.48. The summed E-state index contributed by atoms with van der Waals surface area (Å²) in [5.74, 6) is -1.06. The number of rotatable bonds is 5. The van der Waals surface area contributed by atoms with Crippen molar-refractivity contribution in [2.75, 3.05) is 26.7 Å². The van der Waals surface area contributed by atoms with E-state index in [0.717, 1.165) is 0 Å². The standard InChI is InChI=1S/C16H22N2O5S/c1-3-23-16(20)13-5-4-10-18(11-13)24(21,22)14-8-6-12(7-9-14)15(19)17-2/h6-9,13H,3-5,10-11H2,1-2H3,(H,17,19)/t13-/m0/s1. The van der Waals surface area contributed by atoms with Crippen molar-refractivity contribution >= 4 is 21.9 Å². The van der Waals surface area contributed by atoms with Crippen molar-refractivity contribution in [3.05, 3.63) is 29.8 Å². The van der Waals surface area contributed by atoms with Gasteiger partial charge in [0, 0.05) is 25.7 Å². The number of ether oxygens (including phenoxy) is 1. The minimum Gasteiger partial charge on any atom is -0.466 e. The average Bonchev–Trinajstić information content (AvgIpc) is 2.61. The van der Waals surface area contributed by atoms with E-state index in [4.69, 9.17) is 4.74 Å². The van der Waals surface area contributed by atoms with Gasteiger partial charge < -0.3 is 10.1 Å². The molecule has 1 aliphatic rings. The summed E-state index contributed by atoms with van der Waals surface area (Å²) in [6.07, 6.45) is 1.24. The van der Waals surface area contributed by atoms with Crippen LogP contribution in [0.5, 0.6) is 0 Å². The van der Waals surface area contributed by atoms with Crippen LogP contribution >= 0.6 is 0 Å². The molecule has 1 fully saturated rings. The van der Waals surface area contributed by atoms with Gasteiger partial charge in [0.1, 0.15) is 0 Å². The van der Waals surface area contributed by atoms with Gasteiger partial charge in [-0.15, -0.1) is 0 Å². The van der Waals surface area contributed by atoms with Crippen LogP contribution in [0.2, 0.25) is 0 Å². The van der Waals surface area contributed by atoms with Crippen molar-refractivity contribution in [2.45, 2.75) is 24.7 Å². The van der Waals surface area contributed by atoms with Crippen LogP contribution in [0.15, 0.2) is 29.2 Å². The summed E-state index contributed by atoms with van der Waals surface area (Å²) in [6.45, 7) is 2.50.